The molecule has 1 aliphatic heterocycles. The van der Waals surface area contributed by atoms with Crippen molar-refractivity contribution in [2.45, 2.75) is 26.7 Å². The van der Waals surface area contributed by atoms with Gasteiger partial charge in [0.05, 0.1) is 13.0 Å². The van der Waals surface area contributed by atoms with Crippen LogP contribution in [0.25, 0.3) is 0 Å². The van der Waals surface area contributed by atoms with Crippen molar-refractivity contribution in [3.63, 3.8) is 0 Å². The summed E-state index contributed by atoms with van der Waals surface area (Å²) in [4.78, 5) is 26.8. The zero-order chi connectivity index (χ0) is 19.4. The van der Waals surface area contributed by atoms with E-state index < -0.39 is 0 Å². The van der Waals surface area contributed by atoms with E-state index in [1.54, 1.807) is 12.0 Å². The summed E-state index contributed by atoms with van der Waals surface area (Å²) in [6.07, 6.45) is 0.976. The molecule has 0 aromatic heterocycles. The Kier molecular flexibility index (Phi) is 5.79. The minimum Gasteiger partial charge on any atom is -0.496 e. The summed E-state index contributed by atoms with van der Waals surface area (Å²) >= 11 is 0. The molecule has 1 fully saturated rings. The number of likely N-dealkylation sites (tertiary alicyclic amines) is 1. The van der Waals surface area contributed by atoms with E-state index in [9.17, 15) is 9.59 Å². The topological polar surface area (TPSA) is 58.6 Å². The molecule has 1 atom stereocenters. The largest absolute Gasteiger partial charge is 0.496 e. The third-order valence-electron chi connectivity index (χ3n) is 5.08. The molecule has 2 amide bonds. The number of rotatable bonds is 6. The first-order valence-corrected chi connectivity index (χ1v) is 9.25. The Morgan fingerprint density at radius 1 is 1.22 bits per heavy atom. The number of nitrogens with one attached hydrogen (secondary N) is 1. The molecular weight excluding hydrogens is 340 g/mol. The van der Waals surface area contributed by atoms with Crippen LogP contribution in [-0.4, -0.2) is 36.9 Å². The van der Waals surface area contributed by atoms with Gasteiger partial charge in [0.2, 0.25) is 11.8 Å². The van der Waals surface area contributed by atoms with Gasteiger partial charge in [0.1, 0.15) is 5.75 Å². The van der Waals surface area contributed by atoms with Gasteiger partial charge < -0.3 is 15.0 Å². The molecule has 0 aliphatic carbocycles. The third-order valence-corrected chi connectivity index (χ3v) is 5.08. The minimum absolute atomic E-state index is 0.0333. The van der Waals surface area contributed by atoms with Crippen molar-refractivity contribution < 1.29 is 14.3 Å². The van der Waals surface area contributed by atoms with Gasteiger partial charge in [-0.3, -0.25) is 9.59 Å². The Hall–Kier alpha value is -2.82. The van der Waals surface area contributed by atoms with E-state index in [-0.39, 0.29) is 24.2 Å². The van der Waals surface area contributed by atoms with Crippen molar-refractivity contribution in [3.8, 4) is 5.75 Å². The number of methoxy groups -OCH3 is 1. The van der Waals surface area contributed by atoms with Crippen LogP contribution in [0.3, 0.4) is 0 Å². The summed E-state index contributed by atoms with van der Waals surface area (Å²) < 4.78 is 5.37. The molecule has 27 heavy (non-hydrogen) atoms. The number of nitrogens with zero attached hydrogens (tertiary/aromatic N) is 1. The van der Waals surface area contributed by atoms with E-state index >= 15 is 0 Å². The summed E-state index contributed by atoms with van der Waals surface area (Å²) in [5, 5.41) is 2.99. The number of hydrogen-bond acceptors (Lipinski definition) is 3. The fourth-order valence-electron chi connectivity index (χ4n) is 3.43. The van der Waals surface area contributed by atoms with Crippen LogP contribution >= 0.6 is 0 Å². The lowest BCUT2D eigenvalue weighted by Crippen LogP contribution is -2.30. The van der Waals surface area contributed by atoms with Gasteiger partial charge in [0, 0.05) is 25.2 Å². The number of para-hydroxylation sites is 1. The van der Waals surface area contributed by atoms with Crippen molar-refractivity contribution in [3.05, 3.63) is 59.2 Å². The number of carbonyl (C=O) groups is 2. The molecule has 5 nitrogen and oxygen atoms in total. The van der Waals surface area contributed by atoms with Crippen molar-refractivity contribution in [1.29, 1.82) is 0 Å². The van der Waals surface area contributed by atoms with E-state index in [4.69, 9.17) is 4.74 Å². The summed E-state index contributed by atoms with van der Waals surface area (Å²) in [6, 6.07) is 13.8. The number of amides is 2. The minimum atomic E-state index is -0.310. The van der Waals surface area contributed by atoms with Gasteiger partial charge in [0.25, 0.3) is 0 Å². The standard InChI is InChI=1S/C22H26N2O3/c1-15-8-9-16(2)19(12-15)23-22(26)18-13-21(25)24(14-18)11-10-17-6-4-5-7-20(17)27-3/h4-9,12,18H,10-11,13-14H2,1-3H3,(H,23,26). The smallest absolute Gasteiger partial charge is 0.229 e. The van der Waals surface area contributed by atoms with Crippen molar-refractivity contribution in [2.24, 2.45) is 5.92 Å². The van der Waals surface area contributed by atoms with Gasteiger partial charge in [-0.15, -0.1) is 0 Å². The fourth-order valence-corrected chi connectivity index (χ4v) is 3.43. The van der Waals surface area contributed by atoms with Gasteiger partial charge in [-0.25, -0.2) is 0 Å². The van der Waals surface area contributed by atoms with Crippen molar-refractivity contribution >= 4 is 17.5 Å². The zero-order valence-electron chi connectivity index (χ0n) is 16.1. The van der Waals surface area contributed by atoms with Crippen molar-refractivity contribution in [1.82, 2.24) is 4.90 Å². The number of anilines is 1. The molecular formula is C22H26N2O3. The van der Waals surface area contributed by atoms with E-state index in [1.165, 1.54) is 0 Å². The highest BCUT2D eigenvalue weighted by atomic mass is 16.5. The lowest BCUT2D eigenvalue weighted by atomic mass is 10.1. The van der Waals surface area contributed by atoms with Crippen LogP contribution in [0, 0.1) is 19.8 Å². The molecule has 1 aliphatic rings. The molecule has 3 rings (SSSR count). The van der Waals surface area contributed by atoms with E-state index in [1.807, 2.05) is 56.3 Å². The monoisotopic (exact) mass is 366 g/mol. The second-order valence-electron chi connectivity index (χ2n) is 7.11. The number of benzene rings is 2. The number of hydrogen-bond donors (Lipinski definition) is 1. The predicted octanol–water partition coefficient (Wildman–Crippen LogP) is 3.34. The van der Waals surface area contributed by atoms with E-state index in [0.717, 1.165) is 28.1 Å². The molecule has 1 saturated heterocycles. The molecule has 2 aromatic rings. The fraction of sp³-hybridized carbons (Fsp3) is 0.364. The molecule has 0 radical (unpaired) electrons. The van der Waals surface area contributed by atoms with Crippen LogP contribution in [0.4, 0.5) is 5.69 Å². The maximum atomic E-state index is 12.6. The second kappa shape index (κ2) is 8.25. The van der Waals surface area contributed by atoms with E-state index in [2.05, 4.69) is 5.32 Å². The Bertz CT molecular complexity index is 847. The highest BCUT2D eigenvalue weighted by molar-refractivity contribution is 5.97. The summed E-state index contributed by atoms with van der Waals surface area (Å²) in [7, 11) is 1.65. The average Bonchev–Trinajstić information content (AvgIpc) is 3.04. The lowest BCUT2D eigenvalue weighted by molar-refractivity contribution is -0.128. The molecule has 1 N–H and O–H groups in total. The molecule has 142 valence electrons. The Balaban J connectivity index is 1.59. The Morgan fingerprint density at radius 3 is 2.78 bits per heavy atom. The summed E-state index contributed by atoms with van der Waals surface area (Å²) in [6.45, 7) is 5.01. The molecule has 0 saturated carbocycles. The highest BCUT2D eigenvalue weighted by Gasteiger charge is 2.34. The molecule has 0 bridgehead atoms. The lowest BCUT2D eigenvalue weighted by Gasteiger charge is -2.18. The first kappa shape index (κ1) is 19.0. The maximum Gasteiger partial charge on any atom is 0.229 e. The first-order chi connectivity index (χ1) is 13.0. The molecule has 2 aromatic carbocycles. The molecule has 1 unspecified atom stereocenters. The Morgan fingerprint density at radius 2 is 2.00 bits per heavy atom. The average molecular weight is 366 g/mol. The number of carbonyl (C=O) groups excluding carboxylic acids is 2. The molecule has 0 spiro atoms. The van der Waals surface area contributed by atoms with E-state index in [0.29, 0.717) is 19.5 Å². The molecule has 1 heterocycles. The van der Waals surface area contributed by atoms with Crippen LogP contribution in [0.5, 0.6) is 5.75 Å². The van der Waals surface area contributed by atoms with Crippen LogP contribution in [0.15, 0.2) is 42.5 Å². The van der Waals surface area contributed by atoms with Gasteiger partial charge in [-0.2, -0.15) is 0 Å². The Labute approximate surface area is 160 Å². The summed E-state index contributed by atoms with van der Waals surface area (Å²) in [5.41, 5.74) is 4.00. The first-order valence-electron chi connectivity index (χ1n) is 9.25. The van der Waals surface area contributed by atoms with Gasteiger partial charge in [0.15, 0.2) is 0 Å². The highest BCUT2D eigenvalue weighted by Crippen LogP contribution is 2.24. The SMILES string of the molecule is COc1ccccc1CCN1CC(C(=O)Nc2cc(C)ccc2C)CC1=O. The summed E-state index contributed by atoms with van der Waals surface area (Å²) in [5.74, 6) is 0.464. The number of ether oxygens (including phenoxy) is 1. The van der Waals surface area contributed by atoms with Crippen molar-refractivity contribution in [2.75, 3.05) is 25.5 Å². The quantitative estimate of drug-likeness (QED) is 0.853. The van der Waals surface area contributed by atoms with Crippen LogP contribution in [0.1, 0.15) is 23.1 Å². The van der Waals surface area contributed by atoms with Gasteiger partial charge in [-0.05, 0) is 49.1 Å². The normalized spacial score (nSPS) is 16.5. The maximum absolute atomic E-state index is 12.6. The van der Waals surface area contributed by atoms with Crippen LogP contribution in [0.2, 0.25) is 0 Å². The van der Waals surface area contributed by atoms with Gasteiger partial charge in [-0.1, -0.05) is 30.3 Å². The van der Waals surface area contributed by atoms with Gasteiger partial charge >= 0.3 is 0 Å². The van der Waals surface area contributed by atoms with Crippen LogP contribution in [-0.2, 0) is 16.0 Å². The third kappa shape index (κ3) is 4.48. The zero-order valence-corrected chi connectivity index (χ0v) is 16.1. The predicted molar refractivity (Wildman–Crippen MR) is 106 cm³/mol. The van der Waals surface area contributed by atoms with Crippen LogP contribution < -0.4 is 10.1 Å². The second-order valence-corrected chi connectivity index (χ2v) is 7.11. The molecule has 5 heteroatoms. The number of aryl methyl sites for hydroxylation is 2.